The van der Waals surface area contributed by atoms with Gasteiger partial charge in [0.2, 0.25) is 5.91 Å². The zero-order valence-corrected chi connectivity index (χ0v) is 27.5. The Hall–Kier alpha value is -3.67. The van der Waals surface area contributed by atoms with E-state index >= 15 is 0 Å². The minimum atomic E-state index is -1.14. The second-order valence-corrected chi connectivity index (χ2v) is 14.5. The van der Waals surface area contributed by atoms with Crippen molar-refractivity contribution in [3.8, 4) is 0 Å². The highest BCUT2D eigenvalue weighted by Gasteiger charge is 2.66. The smallest absolute Gasteiger partial charge is 0.335 e. The van der Waals surface area contributed by atoms with Gasteiger partial charge in [0.25, 0.3) is 0 Å². The maximum absolute atomic E-state index is 12.7. The molecule has 4 aliphatic carbocycles. The molecule has 5 rings (SSSR count). The molecule has 258 valence electrons. The van der Waals surface area contributed by atoms with Crippen LogP contribution in [0.4, 0.5) is 0 Å². The third kappa shape index (κ3) is 6.98. The van der Waals surface area contributed by atoms with Gasteiger partial charge in [0.15, 0.2) is 5.96 Å². The highest BCUT2D eigenvalue weighted by atomic mass is 16.5. The summed E-state index contributed by atoms with van der Waals surface area (Å²) in [6.07, 6.45) is 11.1. The van der Waals surface area contributed by atoms with Gasteiger partial charge in [-0.3, -0.25) is 14.6 Å². The SMILES string of the molecule is C[C@]12CC[C@H](OC(=O)CCCC(=O)N[C@@H](CCCN=C(N)N)C(=O)O)C=C1CCC1C2CC[C@]2(C)[C@@H](c3ccc(=O)oc3)CC[C@]12O. The Balaban J connectivity index is 1.13. The van der Waals surface area contributed by atoms with Crippen molar-refractivity contribution in [2.75, 3.05) is 6.54 Å². The maximum atomic E-state index is 12.7. The predicted octanol–water partition coefficient (Wildman–Crippen LogP) is 3.51. The van der Waals surface area contributed by atoms with E-state index in [0.717, 1.165) is 50.5 Å². The Morgan fingerprint density at radius 3 is 2.55 bits per heavy atom. The second kappa shape index (κ2) is 13.8. The van der Waals surface area contributed by atoms with Crippen LogP contribution in [-0.2, 0) is 19.1 Å². The normalized spacial score (nSPS) is 33.3. The summed E-state index contributed by atoms with van der Waals surface area (Å²) in [5, 5.41) is 24.4. The second-order valence-electron chi connectivity index (χ2n) is 14.5. The van der Waals surface area contributed by atoms with Gasteiger partial charge in [-0.25, -0.2) is 9.59 Å². The number of rotatable bonds is 12. The molecule has 47 heavy (non-hydrogen) atoms. The van der Waals surface area contributed by atoms with Crippen molar-refractivity contribution >= 4 is 23.8 Å². The number of hydrogen-bond donors (Lipinski definition) is 5. The number of fused-ring (bicyclic) bond motifs is 5. The standard InChI is InChI=1S/C35H50N4O8/c1-33-15-12-23(47-30(42)7-3-6-28(40)39-27(31(43)44)5-4-18-38-32(36)37)19-22(33)9-10-26-25(33)13-16-34(2)24(14-17-35(26,34)45)21-8-11-29(41)46-20-21/h8,11,19-20,23-27,45H,3-7,9-10,12-18H2,1-2H3,(H,39,40)(H,43,44)(H4,36,37,38)/t23-,24+,25?,26?,27-,33-,34+,35-/m0/s1. The lowest BCUT2D eigenvalue weighted by atomic mass is 9.45. The molecule has 1 amide bonds. The number of hydrogen-bond acceptors (Lipinski definition) is 8. The topological polar surface area (TPSA) is 208 Å². The van der Waals surface area contributed by atoms with E-state index in [2.05, 4.69) is 30.2 Å². The van der Waals surface area contributed by atoms with Crippen LogP contribution in [0, 0.1) is 22.7 Å². The number of allylic oxidation sites excluding steroid dienone is 1. The third-order valence-electron chi connectivity index (χ3n) is 12.0. The number of carbonyl (C=O) groups excluding carboxylic acids is 2. The first-order valence-corrected chi connectivity index (χ1v) is 17.1. The minimum Gasteiger partial charge on any atom is -0.480 e. The molecule has 3 fully saturated rings. The van der Waals surface area contributed by atoms with Gasteiger partial charge in [0.1, 0.15) is 12.1 Å². The average molecular weight is 655 g/mol. The molecular weight excluding hydrogens is 604 g/mol. The van der Waals surface area contributed by atoms with Crippen LogP contribution in [-0.4, -0.2) is 58.3 Å². The molecule has 3 saturated carbocycles. The first-order valence-electron chi connectivity index (χ1n) is 17.1. The van der Waals surface area contributed by atoms with Gasteiger partial charge in [0, 0.05) is 30.9 Å². The molecule has 0 spiro atoms. The molecule has 4 aliphatic rings. The van der Waals surface area contributed by atoms with E-state index in [1.54, 1.807) is 6.26 Å². The fourth-order valence-corrected chi connectivity index (χ4v) is 9.51. The van der Waals surface area contributed by atoms with E-state index in [9.17, 15) is 29.4 Å². The van der Waals surface area contributed by atoms with E-state index < -0.39 is 23.5 Å². The van der Waals surface area contributed by atoms with Gasteiger partial charge in [-0.15, -0.1) is 0 Å². The number of aliphatic imine (C=N–C) groups is 1. The molecule has 7 N–H and O–H groups in total. The summed E-state index contributed by atoms with van der Waals surface area (Å²) in [6, 6.07) is 2.28. The van der Waals surface area contributed by atoms with Gasteiger partial charge in [-0.05, 0) is 112 Å². The molecule has 0 saturated heterocycles. The number of ether oxygens (including phenoxy) is 1. The Kier molecular flexibility index (Phi) is 10.2. The molecule has 1 aromatic rings. The number of carboxylic acids is 1. The molecule has 8 atom stereocenters. The summed E-state index contributed by atoms with van der Waals surface area (Å²) in [6.45, 7) is 4.81. The Morgan fingerprint density at radius 1 is 1.06 bits per heavy atom. The van der Waals surface area contributed by atoms with Crippen molar-refractivity contribution < 1.29 is 33.8 Å². The van der Waals surface area contributed by atoms with Crippen LogP contribution in [0.5, 0.6) is 0 Å². The molecule has 2 unspecified atom stereocenters. The monoisotopic (exact) mass is 654 g/mol. The highest BCUT2D eigenvalue weighted by molar-refractivity contribution is 5.83. The van der Waals surface area contributed by atoms with E-state index in [4.69, 9.17) is 20.6 Å². The number of carbonyl (C=O) groups is 3. The van der Waals surface area contributed by atoms with Crippen molar-refractivity contribution in [3.63, 3.8) is 0 Å². The minimum absolute atomic E-state index is 0.0150. The summed E-state index contributed by atoms with van der Waals surface area (Å²) in [4.78, 5) is 52.0. The molecule has 12 heteroatoms. The van der Waals surface area contributed by atoms with Gasteiger partial charge in [0.05, 0.1) is 11.9 Å². The summed E-state index contributed by atoms with van der Waals surface area (Å²) >= 11 is 0. The van der Waals surface area contributed by atoms with Crippen LogP contribution in [0.3, 0.4) is 0 Å². The molecule has 0 radical (unpaired) electrons. The first-order chi connectivity index (χ1) is 22.3. The number of aliphatic hydroxyl groups is 1. The quantitative estimate of drug-likeness (QED) is 0.0728. The summed E-state index contributed by atoms with van der Waals surface area (Å²) in [5.74, 6) is -1.37. The number of guanidine groups is 1. The van der Waals surface area contributed by atoms with Crippen molar-refractivity contribution in [1.29, 1.82) is 0 Å². The summed E-state index contributed by atoms with van der Waals surface area (Å²) < 4.78 is 11.0. The van der Waals surface area contributed by atoms with E-state index in [0.29, 0.717) is 18.8 Å². The summed E-state index contributed by atoms with van der Waals surface area (Å²) in [5.41, 5.74) is 11.3. The fourth-order valence-electron chi connectivity index (χ4n) is 9.51. The highest BCUT2D eigenvalue weighted by Crippen LogP contribution is 2.70. The average Bonchev–Trinajstić information content (AvgIpc) is 3.30. The van der Waals surface area contributed by atoms with Crippen LogP contribution >= 0.6 is 0 Å². The number of esters is 1. The Bertz CT molecular complexity index is 1450. The Morgan fingerprint density at radius 2 is 1.85 bits per heavy atom. The number of nitrogens with one attached hydrogen (secondary N) is 1. The Labute approximate surface area is 275 Å². The predicted molar refractivity (Wildman–Crippen MR) is 174 cm³/mol. The number of nitrogens with zero attached hydrogens (tertiary/aromatic N) is 1. The van der Waals surface area contributed by atoms with Crippen LogP contribution in [0.25, 0.3) is 0 Å². The van der Waals surface area contributed by atoms with Crippen LogP contribution in [0.2, 0.25) is 0 Å². The zero-order chi connectivity index (χ0) is 34.0. The fraction of sp³-hybridized carbons (Fsp3) is 0.686. The largest absolute Gasteiger partial charge is 0.480 e. The maximum Gasteiger partial charge on any atom is 0.335 e. The number of carboxylic acid groups (broad SMARTS) is 1. The molecule has 1 aromatic heterocycles. The first kappa shape index (κ1) is 34.7. The van der Waals surface area contributed by atoms with Crippen LogP contribution in [0.15, 0.2) is 44.2 Å². The lowest BCUT2D eigenvalue weighted by Gasteiger charge is -2.61. The molecule has 0 aliphatic heterocycles. The molecule has 0 aromatic carbocycles. The van der Waals surface area contributed by atoms with E-state index in [-0.39, 0.29) is 78.6 Å². The van der Waals surface area contributed by atoms with Gasteiger partial charge in [-0.2, -0.15) is 0 Å². The third-order valence-corrected chi connectivity index (χ3v) is 12.0. The van der Waals surface area contributed by atoms with Crippen molar-refractivity contribution in [2.24, 2.45) is 39.1 Å². The van der Waals surface area contributed by atoms with Gasteiger partial charge in [-0.1, -0.05) is 19.4 Å². The van der Waals surface area contributed by atoms with Crippen LogP contribution in [0.1, 0.15) is 109 Å². The van der Waals surface area contributed by atoms with Crippen LogP contribution < -0.4 is 22.4 Å². The van der Waals surface area contributed by atoms with Crippen molar-refractivity contribution in [2.45, 2.75) is 121 Å². The van der Waals surface area contributed by atoms with Crippen molar-refractivity contribution in [1.82, 2.24) is 5.32 Å². The number of nitrogens with two attached hydrogens (primary N) is 2. The van der Waals surface area contributed by atoms with Gasteiger partial charge >= 0.3 is 17.6 Å². The van der Waals surface area contributed by atoms with E-state index in [1.807, 2.05) is 6.07 Å². The molecular formula is C35H50N4O8. The molecule has 12 nitrogen and oxygen atoms in total. The van der Waals surface area contributed by atoms with Gasteiger partial charge < -0.3 is 36.2 Å². The molecule has 1 heterocycles. The lowest BCUT2D eigenvalue weighted by Crippen LogP contribution is -2.60. The zero-order valence-electron chi connectivity index (χ0n) is 27.5. The van der Waals surface area contributed by atoms with E-state index in [1.165, 1.54) is 11.6 Å². The number of amides is 1. The summed E-state index contributed by atoms with van der Waals surface area (Å²) in [7, 11) is 0. The lowest BCUT2D eigenvalue weighted by molar-refractivity contribution is -0.178. The number of aliphatic carboxylic acids is 1. The molecule has 0 bridgehead atoms. The van der Waals surface area contributed by atoms with Crippen molar-refractivity contribution in [3.05, 3.63) is 46.0 Å².